The number of thiazole rings is 1. The maximum Gasteiger partial charge on any atom is 0.263 e. The first-order valence-electron chi connectivity index (χ1n) is 5.99. The first kappa shape index (κ1) is 15.4. The van der Waals surface area contributed by atoms with Gasteiger partial charge in [0, 0.05) is 0 Å². The van der Waals surface area contributed by atoms with Crippen LogP contribution in [0.2, 0.25) is 4.34 Å². The number of aromatic nitrogens is 1. The van der Waals surface area contributed by atoms with Gasteiger partial charge in [0.25, 0.3) is 5.91 Å². The maximum absolute atomic E-state index is 12.2. The number of aryl methyl sites for hydroxylation is 1. The number of nitrogens with one attached hydrogen (secondary N) is 1. The van der Waals surface area contributed by atoms with Gasteiger partial charge in [-0.1, -0.05) is 11.6 Å². The fourth-order valence-corrected chi connectivity index (χ4v) is 3.60. The van der Waals surface area contributed by atoms with Crippen LogP contribution in [0.3, 0.4) is 0 Å². The molecule has 108 valence electrons. The number of carbonyl (C=O) groups is 1. The molecule has 2 aromatic rings. The molecule has 0 spiro atoms. The zero-order valence-corrected chi connectivity index (χ0v) is 13.7. The number of hydrogen-bond acceptors (Lipinski definition) is 5. The van der Waals surface area contributed by atoms with Gasteiger partial charge < -0.3 is 10.4 Å². The summed E-state index contributed by atoms with van der Waals surface area (Å²) >= 11 is 8.68. The van der Waals surface area contributed by atoms with E-state index in [-0.39, 0.29) is 12.5 Å². The second kappa shape index (κ2) is 5.81. The van der Waals surface area contributed by atoms with Crippen LogP contribution >= 0.6 is 34.3 Å². The van der Waals surface area contributed by atoms with E-state index in [2.05, 4.69) is 10.3 Å². The number of carbonyl (C=O) groups excluding carboxylic acids is 1. The first-order chi connectivity index (χ1) is 9.32. The molecule has 7 heteroatoms. The Morgan fingerprint density at radius 2 is 2.15 bits per heavy atom. The maximum atomic E-state index is 12.2. The molecule has 0 saturated carbocycles. The molecule has 0 unspecified atom stereocenters. The fraction of sp³-hybridized carbons (Fsp3) is 0.385. The van der Waals surface area contributed by atoms with Gasteiger partial charge >= 0.3 is 0 Å². The lowest BCUT2D eigenvalue weighted by molar-refractivity contribution is 0.0872. The normalized spacial score (nSPS) is 11.7. The molecule has 0 aliphatic rings. The summed E-state index contributed by atoms with van der Waals surface area (Å²) < 4.78 is 0.695. The molecule has 2 rings (SSSR count). The Kier molecular flexibility index (Phi) is 4.49. The molecule has 2 N–H and O–H groups in total. The minimum absolute atomic E-state index is 0.121. The molecule has 0 aliphatic carbocycles. The van der Waals surface area contributed by atoms with Crippen LogP contribution in [0.5, 0.6) is 0 Å². The van der Waals surface area contributed by atoms with E-state index in [1.54, 1.807) is 20.8 Å². The van der Waals surface area contributed by atoms with E-state index >= 15 is 0 Å². The smallest absolute Gasteiger partial charge is 0.263 e. The predicted octanol–water partition coefficient (Wildman–Crippen LogP) is 3.33. The van der Waals surface area contributed by atoms with Crippen LogP contribution in [0.15, 0.2) is 12.1 Å². The number of amides is 1. The highest BCUT2D eigenvalue weighted by molar-refractivity contribution is 7.24. The molecule has 0 aromatic carbocycles. The summed E-state index contributed by atoms with van der Waals surface area (Å²) in [6.45, 7) is 5.21. The Morgan fingerprint density at radius 1 is 1.45 bits per heavy atom. The second-order valence-corrected chi connectivity index (χ2v) is 7.75. The molecule has 0 radical (unpaired) electrons. The van der Waals surface area contributed by atoms with Crippen LogP contribution in [0.25, 0.3) is 9.88 Å². The topological polar surface area (TPSA) is 62.2 Å². The Bertz CT molecular complexity index is 634. The highest BCUT2D eigenvalue weighted by Crippen LogP contribution is 2.34. The lowest BCUT2D eigenvalue weighted by Gasteiger charge is -2.22. The van der Waals surface area contributed by atoms with E-state index < -0.39 is 5.54 Å². The highest BCUT2D eigenvalue weighted by Gasteiger charge is 2.23. The van der Waals surface area contributed by atoms with Crippen molar-refractivity contribution in [2.45, 2.75) is 26.3 Å². The van der Waals surface area contributed by atoms with Crippen LogP contribution in [0.1, 0.15) is 29.2 Å². The van der Waals surface area contributed by atoms with Gasteiger partial charge in [0.15, 0.2) is 0 Å². The number of halogens is 1. The van der Waals surface area contributed by atoms with Crippen molar-refractivity contribution >= 4 is 40.2 Å². The first-order valence-corrected chi connectivity index (χ1v) is 8.00. The molecule has 0 bridgehead atoms. The van der Waals surface area contributed by atoms with Crippen molar-refractivity contribution in [3.05, 3.63) is 27.0 Å². The van der Waals surface area contributed by atoms with E-state index in [0.29, 0.717) is 14.9 Å². The Labute approximate surface area is 130 Å². The highest BCUT2D eigenvalue weighted by atomic mass is 35.5. The standard InChI is InChI=1S/C13H15ClN2O2S2/c1-7-10(11(18)16-13(2,3)6-17)20-12(15-7)8-4-5-9(14)19-8/h4-5,17H,6H2,1-3H3,(H,16,18). The van der Waals surface area contributed by atoms with E-state index in [9.17, 15) is 9.90 Å². The summed E-state index contributed by atoms with van der Waals surface area (Å²) in [5.41, 5.74) is 0.0284. The average Bonchev–Trinajstić information content (AvgIpc) is 2.95. The summed E-state index contributed by atoms with van der Waals surface area (Å²) in [4.78, 5) is 18.1. The number of thiophene rings is 1. The van der Waals surface area contributed by atoms with Gasteiger partial charge in [-0.15, -0.1) is 22.7 Å². The minimum Gasteiger partial charge on any atom is -0.394 e. The lowest BCUT2D eigenvalue weighted by Crippen LogP contribution is -2.46. The van der Waals surface area contributed by atoms with Crippen molar-refractivity contribution in [1.82, 2.24) is 10.3 Å². The monoisotopic (exact) mass is 330 g/mol. The number of rotatable bonds is 4. The van der Waals surface area contributed by atoms with Gasteiger partial charge in [-0.25, -0.2) is 4.98 Å². The van der Waals surface area contributed by atoms with Crippen molar-refractivity contribution in [2.75, 3.05) is 6.61 Å². The Balaban J connectivity index is 2.26. The minimum atomic E-state index is -0.653. The van der Waals surface area contributed by atoms with Crippen molar-refractivity contribution in [1.29, 1.82) is 0 Å². The molecule has 0 saturated heterocycles. The van der Waals surface area contributed by atoms with Crippen LogP contribution in [-0.2, 0) is 0 Å². The van der Waals surface area contributed by atoms with E-state index in [0.717, 1.165) is 9.88 Å². The van der Waals surface area contributed by atoms with Crippen LogP contribution in [0.4, 0.5) is 0 Å². The Morgan fingerprint density at radius 3 is 2.70 bits per heavy atom. The summed E-state index contributed by atoms with van der Waals surface area (Å²) in [5.74, 6) is -0.215. The SMILES string of the molecule is Cc1nc(-c2ccc(Cl)s2)sc1C(=O)NC(C)(C)CO. The number of hydrogen-bond donors (Lipinski definition) is 2. The molecule has 0 fully saturated rings. The zero-order valence-electron chi connectivity index (χ0n) is 11.4. The molecule has 1 amide bonds. The van der Waals surface area contributed by atoms with Gasteiger partial charge in [0.2, 0.25) is 0 Å². The summed E-state index contributed by atoms with van der Waals surface area (Å²) in [6, 6.07) is 3.71. The Hall–Kier alpha value is -0.950. The van der Waals surface area contributed by atoms with Crippen molar-refractivity contribution in [3.63, 3.8) is 0 Å². The number of nitrogens with zero attached hydrogens (tertiary/aromatic N) is 1. The molecular weight excluding hydrogens is 316 g/mol. The molecule has 2 aromatic heterocycles. The summed E-state index contributed by atoms with van der Waals surface area (Å²) in [7, 11) is 0. The lowest BCUT2D eigenvalue weighted by atomic mass is 10.1. The van der Waals surface area contributed by atoms with Gasteiger partial charge in [-0.2, -0.15) is 0 Å². The van der Waals surface area contributed by atoms with E-state index in [1.807, 2.05) is 12.1 Å². The predicted molar refractivity (Wildman–Crippen MR) is 83.8 cm³/mol. The molecule has 0 atom stereocenters. The number of aliphatic hydroxyl groups excluding tert-OH is 1. The van der Waals surface area contributed by atoms with E-state index in [4.69, 9.17) is 11.6 Å². The van der Waals surface area contributed by atoms with Crippen molar-refractivity contribution < 1.29 is 9.90 Å². The second-order valence-electron chi connectivity index (χ2n) is 5.03. The van der Waals surface area contributed by atoms with Gasteiger partial charge in [-0.3, -0.25) is 4.79 Å². The molecular formula is C13H15ClN2O2S2. The van der Waals surface area contributed by atoms with Crippen LogP contribution in [-0.4, -0.2) is 28.1 Å². The third-order valence-corrected chi connectivity index (χ3v) is 5.19. The molecule has 20 heavy (non-hydrogen) atoms. The van der Waals surface area contributed by atoms with Gasteiger partial charge in [0.05, 0.1) is 27.1 Å². The zero-order chi connectivity index (χ0) is 14.9. The summed E-state index contributed by atoms with van der Waals surface area (Å²) in [5, 5.41) is 12.8. The van der Waals surface area contributed by atoms with Gasteiger partial charge in [0.1, 0.15) is 9.88 Å². The van der Waals surface area contributed by atoms with Crippen LogP contribution in [0, 0.1) is 6.92 Å². The summed E-state index contributed by atoms with van der Waals surface area (Å²) in [6.07, 6.45) is 0. The van der Waals surface area contributed by atoms with Crippen molar-refractivity contribution in [2.24, 2.45) is 0 Å². The van der Waals surface area contributed by atoms with Gasteiger partial charge in [-0.05, 0) is 32.9 Å². The third-order valence-electron chi connectivity index (χ3n) is 2.63. The average molecular weight is 331 g/mol. The molecule has 0 aliphatic heterocycles. The quantitative estimate of drug-likeness (QED) is 0.903. The van der Waals surface area contributed by atoms with E-state index in [1.165, 1.54) is 22.7 Å². The largest absolute Gasteiger partial charge is 0.394 e. The fourth-order valence-electron chi connectivity index (χ4n) is 1.55. The van der Waals surface area contributed by atoms with Crippen molar-refractivity contribution in [3.8, 4) is 9.88 Å². The third kappa shape index (κ3) is 3.38. The molecule has 4 nitrogen and oxygen atoms in total. The van der Waals surface area contributed by atoms with Crippen LogP contribution < -0.4 is 5.32 Å². The number of aliphatic hydroxyl groups is 1. The molecule has 2 heterocycles.